The van der Waals surface area contributed by atoms with Gasteiger partial charge in [-0.2, -0.15) is 0 Å². The summed E-state index contributed by atoms with van der Waals surface area (Å²) in [7, 11) is 0. The van der Waals surface area contributed by atoms with E-state index in [0.29, 0.717) is 11.8 Å². The van der Waals surface area contributed by atoms with Gasteiger partial charge in [-0.3, -0.25) is 0 Å². The summed E-state index contributed by atoms with van der Waals surface area (Å²) < 4.78 is 13.5. The molecule has 3 N–H and O–H groups in total. The van der Waals surface area contributed by atoms with Gasteiger partial charge < -0.3 is 24.8 Å². The topological polar surface area (TPSA) is 96.2 Å². The molecule has 0 radical (unpaired) electrons. The lowest BCUT2D eigenvalue weighted by Gasteiger charge is -2.49. The Morgan fingerprint density at radius 3 is 2.45 bits per heavy atom. The van der Waals surface area contributed by atoms with Crippen molar-refractivity contribution in [3.05, 3.63) is 59.8 Å². The summed E-state index contributed by atoms with van der Waals surface area (Å²) in [5, 5.41) is 28.3. The van der Waals surface area contributed by atoms with E-state index in [2.05, 4.69) is 32.1 Å². The highest BCUT2D eigenvalue weighted by atomic mass is 16.7. The summed E-state index contributed by atoms with van der Waals surface area (Å²) in [4.78, 5) is 10.7. The molecule has 0 amide bonds. The number of hydrogen-bond acceptors (Lipinski definition) is 5. The number of ether oxygens (including phenoxy) is 2. The maximum atomic E-state index is 10.7. The van der Waals surface area contributed by atoms with E-state index in [1.807, 2.05) is 19.9 Å². The summed E-state index contributed by atoms with van der Waals surface area (Å²) >= 11 is 0. The van der Waals surface area contributed by atoms with Crippen LogP contribution in [0.4, 0.5) is 0 Å². The van der Waals surface area contributed by atoms with E-state index in [-0.39, 0.29) is 24.7 Å². The SMILES string of the molecule is CCCCC1CCC2(CCC(C)C(CC=C(C)C=CC(O)C(C)C=CC(=O)O)O2)OC1C=CC(C)=CCO. The van der Waals surface area contributed by atoms with Crippen LogP contribution in [0.25, 0.3) is 0 Å². The zero-order valence-corrected chi connectivity index (χ0v) is 24.0. The fourth-order valence-electron chi connectivity index (χ4n) is 5.18. The molecule has 2 heterocycles. The molecule has 0 saturated carbocycles. The standard InChI is InChI=1S/C32H50O6/c1-6-7-8-27-18-21-32(38-30(27)15-11-24(3)19-22-33)20-17-26(5)29(37-32)14-10-23(2)9-13-28(34)25(4)12-16-31(35)36/h9-13,15-16,19,25-30,33-34H,6-8,14,17-18,20-22H2,1-5H3,(H,35,36). The normalized spacial score (nSPS) is 31.0. The van der Waals surface area contributed by atoms with Gasteiger partial charge in [0.05, 0.1) is 24.9 Å². The van der Waals surface area contributed by atoms with Gasteiger partial charge in [-0.25, -0.2) is 4.79 Å². The number of unbranched alkanes of at least 4 members (excludes halogenated alkanes) is 1. The number of aliphatic carboxylic acids is 1. The molecule has 214 valence electrons. The van der Waals surface area contributed by atoms with E-state index in [1.54, 1.807) is 19.1 Å². The number of aliphatic hydroxyl groups excluding tert-OH is 2. The Kier molecular flexibility index (Phi) is 13.7. The highest BCUT2D eigenvalue weighted by Gasteiger charge is 2.46. The first kappa shape index (κ1) is 32.2. The number of carbonyl (C=O) groups is 1. The largest absolute Gasteiger partial charge is 0.478 e. The van der Waals surface area contributed by atoms with Crippen molar-refractivity contribution in [2.24, 2.45) is 17.8 Å². The van der Waals surface area contributed by atoms with Crippen molar-refractivity contribution in [2.45, 2.75) is 110 Å². The third kappa shape index (κ3) is 10.6. The Morgan fingerprint density at radius 2 is 1.76 bits per heavy atom. The molecule has 7 unspecified atom stereocenters. The highest BCUT2D eigenvalue weighted by Crippen LogP contribution is 2.45. The first-order valence-electron chi connectivity index (χ1n) is 14.3. The molecule has 7 atom stereocenters. The molecule has 1 spiro atoms. The van der Waals surface area contributed by atoms with Gasteiger partial charge in [-0.1, -0.05) is 87.3 Å². The summed E-state index contributed by atoms with van der Waals surface area (Å²) in [6.45, 7) is 10.3. The third-order valence-corrected chi connectivity index (χ3v) is 7.89. The molecule has 2 saturated heterocycles. The average Bonchev–Trinajstić information content (AvgIpc) is 2.89. The number of aliphatic hydroxyl groups is 2. The number of carboxylic acids is 1. The maximum absolute atomic E-state index is 10.7. The molecule has 38 heavy (non-hydrogen) atoms. The van der Waals surface area contributed by atoms with E-state index in [0.717, 1.165) is 55.7 Å². The van der Waals surface area contributed by atoms with E-state index < -0.39 is 17.9 Å². The molecule has 0 aromatic heterocycles. The molecular weight excluding hydrogens is 480 g/mol. The fourth-order valence-corrected chi connectivity index (χ4v) is 5.18. The van der Waals surface area contributed by atoms with Gasteiger partial charge in [0.1, 0.15) is 0 Å². The van der Waals surface area contributed by atoms with Crippen molar-refractivity contribution >= 4 is 5.97 Å². The molecule has 2 fully saturated rings. The van der Waals surface area contributed by atoms with E-state index in [4.69, 9.17) is 14.6 Å². The first-order valence-corrected chi connectivity index (χ1v) is 14.3. The molecule has 6 heteroatoms. The second kappa shape index (κ2) is 16.2. The third-order valence-electron chi connectivity index (χ3n) is 7.89. The monoisotopic (exact) mass is 530 g/mol. The van der Waals surface area contributed by atoms with Crippen LogP contribution in [0, 0.1) is 17.8 Å². The highest BCUT2D eigenvalue weighted by molar-refractivity contribution is 5.79. The predicted octanol–water partition coefficient (Wildman–Crippen LogP) is 6.51. The molecule has 0 bridgehead atoms. The van der Waals surface area contributed by atoms with Gasteiger partial charge in [0.2, 0.25) is 0 Å². The lowest BCUT2D eigenvalue weighted by molar-refractivity contribution is -0.324. The zero-order chi connectivity index (χ0) is 28.1. The van der Waals surface area contributed by atoms with Crippen molar-refractivity contribution in [3.8, 4) is 0 Å². The maximum Gasteiger partial charge on any atom is 0.327 e. The van der Waals surface area contributed by atoms with Crippen LogP contribution in [0.1, 0.15) is 86.0 Å². The second-order valence-corrected chi connectivity index (χ2v) is 11.2. The van der Waals surface area contributed by atoms with Crippen LogP contribution in [0.15, 0.2) is 59.8 Å². The number of rotatable bonds is 13. The fraction of sp³-hybridized carbons (Fsp3) is 0.656. The molecule has 0 aromatic rings. The summed E-state index contributed by atoms with van der Waals surface area (Å²) in [5.41, 5.74) is 2.07. The zero-order valence-electron chi connectivity index (χ0n) is 24.0. The Labute approximate surface area is 229 Å². The minimum Gasteiger partial charge on any atom is -0.478 e. The van der Waals surface area contributed by atoms with Crippen LogP contribution in [-0.2, 0) is 14.3 Å². The molecule has 2 aliphatic rings. The first-order chi connectivity index (χ1) is 18.1. The van der Waals surface area contributed by atoms with Gasteiger partial charge >= 0.3 is 5.97 Å². The van der Waals surface area contributed by atoms with Gasteiger partial charge in [0.15, 0.2) is 5.79 Å². The van der Waals surface area contributed by atoms with Crippen LogP contribution in [0.2, 0.25) is 0 Å². The van der Waals surface area contributed by atoms with E-state index in [1.165, 1.54) is 18.9 Å². The van der Waals surface area contributed by atoms with Gasteiger partial charge in [-0.15, -0.1) is 0 Å². The van der Waals surface area contributed by atoms with Crippen LogP contribution in [0.5, 0.6) is 0 Å². The smallest absolute Gasteiger partial charge is 0.327 e. The Hall–Kier alpha value is -1.99. The second-order valence-electron chi connectivity index (χ2n) is 11.2. The molecule has 0 aromatic carbocycles. The molecule has 0 aliphatic carbocycles. The molecular formula is C32H50O6. The minimum absolute atomic E-state index is 0.00487. The van der Waals surface area contributed by atoms with Gasteiger partial charge in [0.25, 0.3) is 0 Å². The lowest BCUT2D eigenvalue weighted by atomic mass is 9.81. The van der Waals surface area contributed by atoms with Crippen molar-refractivity contribution in [3.63, 3.8) is 0 Å². The predicted molar refractivity (Wildman–Crippen MR) is 153 cm³/mol. The van der Waals surface area contributed by atoms with Crippen molar-refractivity contribution in [1.29, 1.82) is 0 Å². The van der Waals surface area contributed by atoms with Crippen molar-refractivity contribution < 1.29 is 29.6 Å². The van der Waals surface area contributed by atoms with Crippen molar-refractivity contribution in [2.75, 3.05) is 6.61 Å². The van der Waals surface area contributed by atoms with Crippen molar-refractivity contribution in [1.82, 2.24) is 0 Å². The molecule has 2 aliphatic heterocycles. The number of carboxylic acid groups (broad SMARTS) is 1. The van der Waals surface area contributed by atoms with E-state index in [9.17, 15) is 15.0 Å². The average molecular weight is 531 g/mol. The summed E-state index contributed by atoms with van der Waals surface area (Å²) in [5.74, 6) is -0.954. The summed E-state index contributed by atoms with van der Waals surface area (Å²) in [6, 6.07) is 0. The summed E-state index contributed by atoms with van der Waals surface area (Å²) in [6.07, 6.45) is 21.9. The van der Waals surface area contributed by atoms with Gasteiger partial charge in [0, 0.05) is 24.8 Å². The van der Waals surface area contributed by atoms with Crippen LogP contribution < -0.4 is 0 Å². The Balaban J connectivity index is 2.06. The quantitative estimate of drug-likeness (QED) is 0.186. The number of hydrogen-bond donors (Lipinski definition) is 3. The van der Waals surface area contributed by atoms with E-state index >= 15 is 0 Å². The lowest BCUT2D eigenvalue weighted by Crippen LogP contribution is -2.52. The van der Waals surface area contributed by atoms with Crippen LogP contribution in [-0.4, -0.2) is 52.0 Å². The van der Waals surface area contributed by atoms with Gasteiger partial charge in [-0.05, 0) is 51.4 Å². The minimum atomic E-state index is -1.02. The number of allylic oxidation sites excluding steroid dienone is 4. The Morgan fingerprint density at radius 1 is 1.05 bits per heavy atom. The molecule has 6 nitrogen and oxygen atoms in total. The van der Waals surface area contributed by atoms with Crippen LogP contribution in [0.3, 0.4) is 0 Å². The Bertz CT molecular complexity index is 884. The molecule has 2 rings (SSSR count). The van der Waals surface area contributed by atoms with Crippen LogP contribution >= 0.6 is 0 Å².